The van der Waals surface area contributed by atoms with Crippen LogP contribution >= 0.6 is 11.8 Å². The van der Waals surface area contributed by atoms with E-state index in [0.717, 1.165) is 0 Å². The summed E-state index contributed by atoms with van der Waals surface area (Å²) in [5.41, 5.74) is 6.55. The third-order valence-corrected chi connectivity index (χ3v) is 4.77. The first-order chi connectivity index (χ1) is 12.5. The molecule has 0 aliphatic carbocycles. The molecule has 0 aliphatic heterocycles. The van der Waals surface area contributed by atoms with Gasteiger partial charge < -0.3 is 11.1 Å². The maximum absolute atomic E-state index is 13.7. The molecule has 1 aromatic heterocycles. The number of nitrogens with two attached hydrogens (primary N) is 1. The fourth-order valence-corrected chi connectivity index (χ4v) is 3.31. The van der Waals surface area contributed by atoms with Crippen LogP contribution in [0.4, 0.5) is 10.1 Å². The molecule has 1 unspecified atom stereocenters. The number of carbonyl (C=O) groups is 2. The van der Waals surface area contributed by atoms with Gasteiger partial charge >= 0.3 is 0 Å². The van der Waals surface area contributed by atoms with Crippen molar-refractivity contribution in [2.45, 2.75) is 17.2 Å². The van der Waals surface area contributed by atoms with Gasteiger partial charge in [0.05, 0.1) is 27.0 Å². The van der Waals surface area contributed by atoms with Crippen LogP contribution in [0.2, 0.25) is 0 Å². The van der Waals surface area contributed by atoms with Gasteiger partial charge in [-0.25, -0.2) is 9.37 Å². The van der Waals surface area contributed by atoms with Crippen LogP contribution in [0.15, 0.2) is 59.6 Å². The SMILES string of the molecule is CC(Sc1cc(C(N)=O)c2ccccc2n1)C(=O)Nc1ccccc1F. The summed E-state index contributed by atoms with van der Waals surface area (Å²) < 4.78 is 13.7. The normalized spacial score (nSPS) is 11.9. The van der Waals surface area contributed by atoms with Gasteiger partial charge in [0, 0.05) is 5.39 Å². The van der Waals surface area contributed by atoms with Crippen LogP contribution < -0.4 is 11.1 Å². The lowest BCUT2D eigenvalue weighted by molar-refractivity contribution is -0.115. The highest BCUT2D eigenvalue weighted by atomic mass is 32.2. The zero-order valence-electron chi connectivity index (χ0n) is 13.9. The van der Waals surface area contributed by atoms with E-state index in [-0.39, 0.29) is 11.6 Å². The number of fused-ring (bicyclic) bond motifs is 1. The van der Waals surface area contributed by atoms with Gasteiger partial charge in [-0.1, -0.05) is 42.1 Å². The summed E-state index contributed by atoms with van der Waals surface area (Å²) in [7, 11) is 0. The van der Waals surface area contributed by atoms with E-state index in [4.69, 9.17) is 5.73 Å². The fourth-order valence-electron chi connectivity index (χ4n) is 2.45. The molecule has 26 heavy (non-hydrogen) atoms. The summed E-state index contributed by atoms with van der Waals surface area (Å²) in [5.74, 6) is -1.43. The predicted molar refractivity (Wildman–Crippen MR) is 101 cm³/mol. The molecule has 5 nitrogen and oxygen atoms in total. The minimum absolute atomic E-state index is 0.120. The third kappa shape index (κ3) is 3.83. The highest BCUT2D eigenvalue weighted by Gasteiger charge is 2.18. The van der Waals surface area contributed by atoms with Crippen LogP contribution in [0.1, 0.15) is 17.3 Å². The van der Waals surface area contributed by atoms with E-state index in [9.17, 15) is 14.0 Å². The standard InChI is InChI=1S/C19H16FN3O2S/c1-11(19(25)23-16-9-5-3-7-14(16)20)26-17-10-13(18(21)24)12-6-2-4-8-15(12)22-17/h2-11H,1H3,(H2,21,24)(H,23,25). The number of nitrogens with zero attached hydrogens (tertiary/aromatic N) is 1. The Balaban J connectivity index is 1.83. The van der Waals surface area contributed by atoms with Gasteiger partial charge in [-0.05, 0) is 31.2 Å². The smallest absolute Gasteiger partial charge is 0.249 e. The van der Waals surface area contributed by atoms with Crippen LogP contribution in [-0.4, -0.2) is 22.0 Å². The highest BCUT2D eigenvalue weighted by molar-refractivity contribution is 8.00. The average molecular weight is 369 g/mol. The summed E-state index contributed by atoms with van der Waals surface area (Å²) in [6.07, 6.45) is 0. The van der Waals surface area contributed by atoms with Gasteiger partial charge in [-0.3, -0.25) is 9.59 Å². The highest BCUT2D eigenvalue weighted by Crippen LogP contribution is 2.27. The van der Waals surface area contributed by atoms with Gasteiger partial charge in [0.25, 0.3) is 0 Å². The van der Waals surface area contributed by atoms with Crippen molar-refractivity contribution in [2.75, 3.05) is 5.32 Å². The third-order valence-electron chi connectivity index (χ3n) is 3.76. The Hall–Kier alpha value is -2.93. The molecule has 0 aliphatic rings. The van der Waals surface area contributed by atoms with Crippen molar-refractivity contribution in [3.8, 4) is 0 Å². The molecule has 0 saturated heterocycles. The van der Waals surface area contributed by atoms with Crippen LogP contribution in [0.3, 0.4) is 0 Å². The largest absolute Gasteiger partial charge is 0.366 e. The second-order valence-electron chi connectivity index (χ2n) is 5.62. The molecule has 3 N–H and O–H groups in total. The topological polar surface area (TPSA) is 85.1 Å². The number of primary amides is 1. The maximum atomic E-state index is 13.7. The molecule has 1 heterocycles. The Morgan fingerprint density at radius 3 is 2.58 bits per heavy atom. The molecular weight excluding hydrogens is 353 g/mol. The van der Waals surface area contributed by atoms with Crippen molar-refractivity contribution in [3.63, 3.8) is 0 Å². The molecule has 3 aromatic rings. The second-order valence-corrected chi connectivity index (χ2v) is 6.98. The van der Waals surface area contributed by atoms with Crippen molar-refractivity contribution in [2.24, 2.45) is 5.73 Å². The molecule has 7 heteroatoms. The number of benzene rings is 2. The van der Waals surface area contributed by atoms with Gasteiger partial charge in [0.2, 0.25) is 11.8 Å². The van der Waals surface area contributed by atoms with Gasteiger partial charge in [-0.2, -0.15) is 0 Å². The molecule has 0 bridgehead atoms. The minimum Gasteiger partial charge on any atom is -0.366 e. The zero-order valence-corrected chi connectivity index (χ0v) is 14.7. The Bertz CT molecular complexity index is 993. The molecule has 0 saturated carbocycles. The number of aromatic nitrogens is 1. The lowest BCUT2D eigenvalue weighted by atomic mass is 10.1. The summed E-state index contributed by atoms with van der Waals surface area (Å²) in [6.45, 7) is 1.68. The number of nitrogens with one attached hydrogen (secondary N) is 1. The van der Waals surface area contributed by atoms with Gasteiger partial charge in [0.1, 0.15) is 5.82 Å². The molecular formula is C19H16FN3O2S. The van der Waals surface area contributed by atoms with Crippen molar-refractivity contribution in [3.05, 3.63) is 66.0 Å². The van der Waals surface area contributed by atoms with Crippen molar-refractivity contribution >= 4 is 40.2 Å². The van der Waals surface area contributed by atoms with Gasteiger partial charge in [-0.15, -0.1) is 0 Å². The molecule has 3 rings (SSSR count). The molecule has 132 valence electrons. The van der Waals surface area contributed by atoms with Crippen LogP contribution in [0.5, 0.6) is 0 Å². The number of hydrogen-bond donors (Lipinski definition) is 2. The Morgan fingerprint density at radius 2 is 1.85 bits per heavy atom. The number of thioether (sulfide) groups is 1. The van der Waals surface area contributed by atoms with E-state index in [1.54, 1.807) is 43.3 Å². The van der Waals surface area contributed by atoms with Crippen LogP contribution in [-0.2, 0) is 4.79 Å². The number of amides is 2. The zero-order chi connectivity index (χ0) is 18.7. The maximum Gasteiger partial charge on any atom is 0.249 e. The Morgan fingerprint density at radius 1 is 1.15 bits per heavy atom. The first-order valence-electron chi connectivity index (χ1n) is 7.87. The summed E-state index contributed by atoms with van der Waals surface area (Å²) in [6, 6.07) is 14.7. The van der Waals surface area contributed by atoms with E-state index in [1.807, 2.05) is 6.07 Å². The number of anilines is 1. The average Bonchev–Trinajstić information content (AvgIpc) is 2.62. The van der Waals surface area contributed by atoms with Crippen molar-refractivity contribution in [1.29, 1.82) is 0 Å². The number of pyridine rings is 1. The number of carbonyl (C=O) groups excluding carboxylic acids is 2. The first-order valence-corrected chi connectivity index (χ1v) is 8.75. The van der Waals surface area contributed by atoms with E-state index in [1.165, 1.54) is 23.9 Å². The quantitative estimate of drug-likeness (QED) is 0.673. The fraction of sp³-hybridized carbons (Fsp3) is 0.105. The number of para-hydroxylation sites is 2. The van der Waals surface area contributed by atoms with E-state index >= 15 is 0 Å². The predicted octanol–water partition coefficient (Wildman–Crippen LogP) is 3.59. The molecule has 0 radical (unpaired) electrons. The number of rotatable bonds is 5. The summed E-state index contributed by atoms with van der Waals surface area (Å²) in [5, 5.41) is 3.15. The van der Waals surface area contributed by atoms with Gasteiger partial charge in [0.15, 0.2) is 0 Å². The molecule has 2 aromatic carbocycles. The van der Waals surface area contributed by atoms with E-state index < -0.39 is 17.0 Å². The Kier molecular flexibility index (Phi) is 5.18. The molecule has 1 atom stereocenters. The van der Waals surface area contributed by atoms with E-state index in [0.29, 0.717) is 21.5 Å². The lowest BCUT2D eigenvalue weighted by Gasteiger charge is -2.13. The van der Waals surface area contributed by atoms with Crippen molar-refractivity contribution < 1.29 is 14.0 Å². The van der Waals surface area contributed by atoms with Crippen LogP contribution in [0.25, 0.3) is 10.9 Å². The Labute approximate surface area is 153 Å². The molecule has 0 spiro atoms. The lowest BCUT2D eigenvalue weighted by Crippen LogP contribution is -2.23. The second kappa shape index (κ2) is 7.53. The number of hydrogen-bond acceptors (Lipinski definition) is 4. The van der Waals surface area contributed by atoms with Crippen LogP contribution in [0, 0.1) is 5.82 Å². The molecule has 0 fully saturated rings. The van der Waals surface area contributed by atoms with Crippen molar-refractivity contribution in [1.82, 2.24) is 4.98 Å². The summed E-state index contributed by atoms with van der Waals surface area (Å²) >= 11 is 1.17. The van der Waals surface area contributed by atoms with E-state index in [2.05, 4.69) is 10.3 Å². The monoisotopic (exact) mass is 369 g/mol. The summed E-state index contributed by atoms with van der Waals surface area (Å²) in [4.78, 5) is 28.5. The first kappa shape index (κ1) is 17.9. The number of halogens is 1. The minimum atomic E-state index is -0.561. The molecule has 2 amide bonds.